The number of aromatic nitrogens is 1. The van der Waals surface area contributed by atoms with Crippen LogP contribution in [0, 0.1) is 0 Å². The van der Waals surface area contributed by atoms with Gasteiger partial charge in [-0.3, -0.25) is 10.1 Å². The predicted molar refractivity (Wildman–Crippen MR) is 102 cm³/mol. The second-order valence-corrected chi connectivity index (χ2v) is 9.45. The number of carbonyl (C=O) groups excluding carboxylic acids is 1. The molecule has 140 valence electrons. The maximum absolute atomic E-state index is 12.5. The van der Waals surface area contributed by atoms with Gasteiger partial charge in [0.2, 0.25) is 10.0 Å². The van der Waals surface area contributed by atoms with Crippen molar-refractivity contribution in [1.29, 1.82) is 0 Å². The lowest BCUT2D eigenvalue weighted by molar-refractivity contribution is 0.102. The molecule has 1 amide bonds. The van der Waals surface area contributed by atoms with E-state index in [0.717, 1.165) is 10.6 Å². The molecule has 1 aliphatic heterocycles. The van der Waals surface area contributed by atoms with E-state index in [1.807, 2.05) is 0 Å². The van der Waals surface area contributed by atoms with E-state index >= 15 is 0 Å². The van der Waals surface area contributed by atoms with E-state index in [0.29, 0.717) is 41.0 Å². The second-order valence-electron chi connectivity index (χ2n) is 5.67. The number of ether oxygens (including phenoxy) is 1. The third kappa shape index (κ3) is 3.85. The quantitative estimate of drug-likeness (QED) is 0.811. The van der Waals surface area contributed by atoms with Gasteiger partial charge in [-0.15, -0.1) is 11.3 Å². The lowest BCUT2D eigenvalue weighted by Crippen LogP contribution is -2.36. The molecule has 26 heavy (non-hydrogen) atoms. The van der Waals surface area contributed by atoms with Crippen LogP contribution >= 0.6 is 22.9 Å². The largest absolute Gasteiger partial charge is 0.496 e. The van der Waals surface area contributed by atoms with Crippen molar-refractivity contribution < 1.29 is 17.9 Å². The molecule has 1 N–H and O–H groups in total. The first-order chi connectivity index (χ1) is 12.3. The van der Waals surface area contributed by atoms with Crippen LogP contribution < -0.4 is 10.1 Å². The number of methoxy groups -OCH3 is 1. The molecule has 3 rings (SSSR count). The summed E-state index contributed by atoms with van der Waals surface area (Å²) in [6, 6.07) is 4.79. The minimum Gasteiger partial charge on any atom is -0.496 e. The Bertz CT molecular complexity index is 943. The molecule has 0 atom stereocenters. The number of anilines is 1. The van der Waals surface area contributed by atoms with E-state index < -0.39 is 10.0 Å². The van der Waals surface area contributed by atoms with Crippen LogP contribution in [0.15, 0.2) is 18.2 Å². The highest BCUT2D eigenvalue weighted by molar-refractivity contribution is 7.89. The summed E-state index contributed by atoms with van der Waals surface area (Å²) in [5, 5.41) is 3.60. The van der Waals surface area contributed by atoms with Crippen molar-refractivity contribution in [1.82, 2.24) is 9.29 Å². The summed E-state index contributed by atoms with van der Waals surface area (Å²) in [5.74, 6) is 0.0983. The van der Waals surface area contributed by atoms with Gasteiger partial charge in [0.05, 0.1) is 24.1 Å². The standard InChI is InChI=1S/C16H18ClN3O4S2/c1-3-26(22,23)20-7-6-12-14(9-20)25-16(18-12)19-15(21)11-8-10(17)4-5-13(11)24-2/h4-5,8H,3,6-7,9H2,1-2H3,(H,18,19,21). The van der Waals surface area contributed by atoms with Gasteiger partial charge in [-0.05, 0) is 25.1 Å². The van der Waals surface area contributed by atoms with Crippen LogP contribution in [-0.4, -0.2) is 43.0 Å². The fourth-order valence-corrected chi connectivity index (χ4v) is 5.00. The first-order valence-electron chi connectivity index (χ1n) is 7.95. The lowest BCUT2D eigenvalue weighted by atomic mass is 10.2. The Morgan fingerprint density at radius 1 is 1.46 bits per heavy atom. The Hall–Kier alpha value is -1.68. The van der Waals surface area contributed by atoms with Crippen molar-refractivity contribution in [2.75, 3.05) is 24.7 Å². The number of halogens is 1. The number of nitrogens with one attached hydrogen (secondary N) is 1. The molecule has 0 spiro atoms. The van der Waals surface area contributed by atoms with Gasteiger partial charge in [-0.2, -0.15) is 4.31 Å². The van der Waals surface area contributed by atoms with Crippen molar-refractivity contribution in [3.8, 4) is 5.75 Å². The monoisotopic (exact) mass is 415 g/mol. The average molecular weight is 416 g/mol. The Morgan fingerprint density at radius 3 is 2.92 bits per heavy atom. The number of benzene rings is 1. The third-order valence-corrected chi connectivity index (χ3v) is 7.14. The van der Waals surface area contributed by atoms with Gasteiger partial charge in [0.25, 0.3) is 5.91 Å². The molecule has 1 aromatic carbocycles. The van der Waals surface area contributed by atoms with E-state index in [-0.39, 0.29) is 11.7 Å². The summed E-state index contributed by atoms with van der Waals surface area (Å²) in [6.45, 7) is 2.32. The summed E-state index contributed by atoms with van der Waals surface area (Å²) in [4.78, 5) is 17.8. The summed E-state index contributed by atoms with van der Waals surface area (Å²) < 4.78 is 30.8. The van der Waals surface area contributed by atoms with Crippen LogP contribution in [0.25, 0.3) is 0 Å². The number of fused-ring (bicyclic) bond motifs is 1. The molecule has 1 aliphatic rings. The van der Waals surface area contributed by atoms with Crippen LogP contribution in [0.3, 0.4) is 0 Å². The Morgan fingerprint density at radius 2 is 2.23 bits per heavy atom. The van der Waals surface area contributed by atoms with Gasteiger partial charge < -0.3 is 4.74 Å². The molecule has 0 saturated heterocycles. The summed E-state index contributed by atoms with van der Waals surface area (Å²) in [6.07, 6.45) is 0.529. The first-order valence-corrected chi connectivity index (χ1v) is 10.8. The summed E-state index contributed by atoms with van der Waals surface area (Å²) in [5.41, 5.74) is 1.13. The molecular formula is C16H18ClN3O4S2. The molecule has 0 aliphatic carbocycles. The predicted octanol–water partition coefficient (Wildman–Crippen LogP) is 2.77. The zero-order valence-corrected chi connectivity index (χ0v) is 16.7. The normalized spacial score (nSPS) is 14.7. The molecule has 7 nitrogen and oxygen atoms in total. The summed E-state index contributed by atoms with van der Waals surface area (Å²) in [7, 11) is -1.76. The van der Waals surface area contributed by atoms with Gasteiger partial charge in [0.15, 0.2) is 5.13 Å². The van der Waals surface area contributed by atoms with Crippen LogP contribution in [0.1, 0.15) is 27.9 Å². The molecule has 2 aromatic rings. The van der Waals surface area contributed by atoms with Gasteiger partial charge in [-0.25, -0.2) is 13.4 Å². The van der Waals surface area contributed by atoms with Crippen LogP contribution in [-0.2, 0) is 23.0 Å². The van der Waals surface area contributed by atoms with Crippen LogP contribution in [0.5, 0.6) is 5.75 Å². The van der Waals surface area contributed by atoms with E-state index in [9.17, 15) is 13.2 Å². The van der Waals surface area contributed by atoms with Gasteiger partial charge >= 0.3 is 0 Å². The number of hydrogen-bond acceptors (Lipinski definition) is 6. The molecule has 10 heteroatoms. The highest BCUT2D eigenvalue weighted by Gasteiger charge is 2.28. The molecule has 0 saturated carbocycles. The molecule has 0 radical (unpaired) electrons. The third-order valence-electron chi connectivity index (χ3n) is 4.08. The fourth-order valence-electron chi connectivity index (χ4n) is 2.67. The molecule has 0 bridgehead atoms. The maximum atomic E-state index is 12.5. The highest BCUT2D eigenvalue weighted by atomic mass is 35.5. The van der Waals surface area contributed by atoms with E-state index in [2.05, 4.69) is 10.3 Å². The number of rotatable bonds is 5. The number of amides is 1. The fraction of sp³-hybridized carbons (Fsp3) is 0.375. The second kappa shape index (κ2) is 7.51. The molecule has 1 aromatic heterocycles. The number of thiazole rings is 1. The molecule has 0 unspecified atom stereocenters. The van der Waals surface area contributed by atoms with Gasteiger partial charge in [0.1, 0.15) is 5.75 Å². The van der Waals surface area contributed by atoms with Crippen molar-refractivity contribution in [2.45, 2.75) is 19.9 Å². The van der Waals surface area contributed by atoms with Gasteiger partial charge in [-0.1, -0.05) is 11.6 Å². The van der Waals surface area contributed by atoms with E-state index in [1.165, 1.54) is 28.8 Å². The lowest BCUT2D eigenvalue weighted by Gasteiger charge is -2.24. The molecule has 2 heterocycles. The van der Waals surface area contributed by atoms with Crippen LogP contribution in [0.2, 0.25) is 5.02 Å². The van der Waals surface area contributed by atoms with Crippen molar-refractivity contribution in [2.24, 2.45) is 0 Å². The Kier molecular flexibility index (Phi) is 5.52. The van der Waals surface area contributed by atoms with Crippen molar-refractivity contribution >= 4 is 44.0 Å². The maximum Gasteiger partial charge on any atom is 0.261 e. The minimum absolute atomic E-state index is 0.0687. The molecular weight excluding hydrogens is 398 g/mol. The summed E-state index contributed by atoms with van der Waals surface area (Å²) >= 11 is 7.25. The average Bonchev–Trinajstić information content (AvgIpc) is 3.02. The highest BCUT2D eigenvalue weighted by Crippen LogP contribution is 2.31. The van der Waals surface area contributed by atoms with E-state index in [4.69, 9.17) is 16.3 Å². The first kappa shape index (κ1) is 19.1. The SMILES string of the molecule is CCS(=O)(=O)N1CCc2nc(NC(=O)c3cc(Cl)ccc3OC)sc2C1. The number of hydrogen-bond donors (Lipinski definition) is 1. The smallest absolute Gasteiger partial charge is 0.261 e. The van der Waals surface area contributed by atoms with Crippen molar-refractivity contribution in [3.05, 3.63) is 39.4 Å². The number of nitrogens with zero attached hydrogens (tertiary/aromatic N) is 2. The Balaban J connectivity index is 1.79. The molecule has 0 fully saturated rings. The van der Waals surface area contributed by atoms with Crippen molar-refractivity contribution in [3.63, 3.8) is 0 Å². The van der Waals surface area contributed by atoms with Crippen LogP contribution in [0.4, 0.5) is 5.13 Å². The number of sulfonamides is 1. The topological polar surface area (TPSA) is 88.6 Å². The zero-order valence-electron chi connectivity index (χ0n) is 14.3. The Labute approximate surface area is 161 Å². The van der Waals surface area contributed by atoms with E-state index in [1.54, 1.807) is 19.1 Å². The van der Waals surface area contributed by atoms with Gasteiger partial charge in [0, 0.05) is 29.4 Å². The number of carbonyl (C=O) groups is 1. The minimum atomic E-state index is -3.24. The zero-order chi connectivity index (χ0) is 18.9.